The molecule has 0 aliphatic heterocycles. The SMILES string of the molecule is C=CCOc1ccc(CNc2ccc(Br)cc2)cc1Cl. The zero-order valence-corrected chi connectivity index (χ0v) is 13.2. The van der Waals surface area contributed by atoms with Crippen LogP contribution in [0.4, 0.5) is 5.69 Å². The van der Waals surface area contributed by atoms with Crippen molar-refractivity contribution in [1.29, 1.82) is 0 Å². The summed E-state index contributed by atoms with van der Waals surface area (Å²) in [5.74, 6) is 0.680. The van der Waals surface area contributed by atoms with Crippen molar-refractivity contribution in [2.45, 2.75) is 6.54 Å². The minimum absolute atomic E-state index is 0.455. The quantitative estimate of drug-likeness (QED) is 0.714. The summed E-state index contributed by atoms with van der Waals surface area (Å²) in [5.41, 5.74) is 2.17. The predicted octanol–water partition coefficient (Wildman–Crippen LogP) is 5.28. The molecule has 0 unspecified atom stereocenters. The Morgan fingerprint density at radius 1 is 1.20 bits per heavy atom. The maximum absolute atomic E-state index is 6.17. The van der Waals surface area contributed by atoms with Crippen LogP contribution in [0.15, 0.2) is 59.6 Å². The molecule has 0 aliphatic carbocycles. The fourth-order valence-electron chi connectivity index (χ4n) is 1.69. The maximum Gasteiger partial charge on any atom is 0.138 e. The Morgan fingerprint density at radius 3 is 2.60 bits per heavy atom. The highest BCUT2D eigenvalue weighted by molar-refractivity contribution is 9.10. The van der Waals surface area contributed by atoms with Crippen molar-refractivity contribution in [1.82, 2.24) is 0 Å². The van der Waals surface area contributed by atoms with Crippen LogP contribution in [0.25, 0.3) is 0 Å². The molecule has 0 spiro atoms. The van der Waals surface area contributed by atoms with Gasteiger partial charge >= 0.3 is 0 Å². The highest BCUT2D eigenvalue weighted by Gasteiger charge is 2.02. The molecule has 104 valence electrons. The number of hydrogen-bond donors (Lipinski definition) is 1. The van der Waals surface area contributed by atoms with Crippen molar-refractivity contribution in [2.75, 3.05) is 11.9 Å². The number of anilines is 1. The van der Waals surface area contributed by atoms with Gasteiger partial charge in [-0.2, -0.15) is 0 Å². The van der Waals surface area contributed by atoms with Crippen LogP contribution in [0.2, 0.25) is 5.02 Å². The number of hydrogen-bond acceptors (Lipinski definition) is 2. The summed E-state index contributed by atoms with van der Waals surface area (Å²) in [6, 6.07) is 13.8. The van der Waals surface area contributed by atoms with E-state index in [0.717, 1.165) is 15.7 Å². The Balaban J connectivity index is 1.97. The van der Waals surface area contributed by atoms with E-state index in [0.29, 0.717) is 23.9 Å². The number of halogens is 2. The van der Waals surface area contributed by atoms with Gasteiger partial charge in [0.15, 0.2) is 0 Å². The lowest BCUT2D eigenvalue weighted by Crippen LogP contribution is -2.00. The van der Waals surface area contributed by atoms with Crippen molar-refractivity contribution in [3.63, 3.8) is 0 Å². The van der Waals surface area contributed by atoms with Gasteiger partial charge < -0.3 is 10.1 Å². The van der Waals surface area contributed by atoms with Crippen LogP contribution in [0.3, 0.4) is 0 Å². The van der Waals surface area contributed by atoms with E-state index in [-0.39, 0.29) is 0 Å². The van der Waals surface area contributed by atoms with Crippen molar-refractivity contribution >= 4 is 33.2 Å². The van der Waals surface area contributed by atoms with E-state index in [2.05, 4.69) is 27.8 Å². The Bertz CT molecular complexity index is 584. The average Bonchev–Trinajstić information content (AvgIpc) is 2.46. The molecule has 0 atom stereocenters. The third-order valence-electron chi connectivity index (χ3n) is 2.69. The number of nitrogens with one attached hydrogen (secondary N) is 1. The van der Waals surface area contributed by atoms with E-state index in [1.54, 1.807) is 6.08 Å². The molecule has 0 radical (unpaired) electrons. The number of rotatable bonds is 6. The summed E-state index contributed by atoms with van der Waals surface area (Å²) < 4.78 is 6.51. The highest BCUT2D eigenvalue weighted by atomic mass is 79.9. The molecule has 0 amide bonds. The fourth-order valence-corrected chi connectivity index (χ4v) is 2.21. The molecule has 1 N–H and O–H groups in total. The van der Waals surface area contributed by atoms with Gasteiger partial charge in [0.05, 0.1) is 5.02 Å². The molecule has 2 aromatic carbocycles. The van der Waals surface area contributed by atoms with Crippen LogP contribution in [-0.4, -0.2) is 6.61 Å². The van der Waals surface area contributed by atoms with E-state index in [9.17, 15) is 0 Å². The minimum Gasteiger partial charge on any atom is -0.488 e. The molecule has 0 fully saturated rings. The molecule has 2 aromatic rings. The first-order valence-corrected chi connectivity index (χ1v) is 7.37. The first-order chi connectivity index (χ1) is 9.69. The molecular weight excluding hydrogens is 338 g/mol. The van der Waals surface area contributed by atoms with Gasteiger partial charge in [-0.3, -0.25) is 0 Å². The number of benzene rings is 2. The first-order valence-electron chi connectivity index (χ1n) is 6.20. The van der Waals surface area contributed by atoms with Gasteiger partial charge in [-0.25, -0.2) is 0 Å². The topological polar surface area (TPSA) is 21.3 Å². The lowest BCUT2D eigenvalue weighted by Gasteiger charge is -2.10. The number of ether oxygens (including phenoxy) is 1. The lowest BCUT2D eigenvalue weighted by molar-refractivity contribution is 0.363. The molecule has 4 heteroatoms. The molecule has 0 aromatic heterocycles. The highest BCUT2D eigenvalue weighted by Crippen LogP contribution is 2.26. The molecule has 0 bridgehead atoms. The normalized spacial score (nSPS) is 10.1. The van der Waals surface area contributed by atoms with Crippen molar-refractivity contribution in [2.24, 2.45) is 0 Å². The van der Waals surface area contributed by atoms with Gasteiger partial charge in [0, 0.05) is 16.7 Å². The molecule has 20 heavy (non-hydrogen) atoms. The second kappa shape index (κ2) is 7.36. The van der Waals surface area contributed by atoms with Crippen LogP contribution in [0.1, 0.15) is 5.56 Å². The maximum atomic E-state index is 6.17. The second-order valence-corrected chi connectivity index (χ2v) is 5.55. The molecule has 0 aliphatic rings. The molecule has 2 nitrogen and oxygen atoms in total. The van der Waals surface area contributed by atoms with Gasteiger partial charge in [-0.15, -0.1) is 0 Å². The zero-order valence-electron chi connectivity index (χ0n) is 10.9. The monoisotopic (exact) mass is 351 g/mol. The van der Waals surface area contributed by atoms with Crippen LogP contribution in [0, 0.1) is 0 Å². The van der Waals surface area contributed by atoms with E-state index in [1.807, 2.05) is 42.5 Å². The third-order valence-corrected chi connectivity index (χ3v) is 3.52. The standard InChI is InChI=1S/C16H15BrClNO/c1-2-9-20-16-8-3-12(10-15(16)18)11-19-14-6-4-13(17)5-7-14/h2-8,10,19H,1,9,11H2. The van der Waals surface area contributed by atoms with E-state index >= 15 is 0 Å². The average molecular weight is 353 g/mol. The lowest BCUT2D eigenvalue weighted by atomic mass is 10.2. The Kier molecular flexibility index (Phi) is 5.50. The summed E-state index contributed by atoms with van der Waals surface area (Å²) in [4.78, 5) is 0. The fraction of sp³-hybridized carbons (Fsp3) is 0.125. The Hall–Kier alpha value is -1.45. The van der Waals surface area contributed by atoms with E-state index in [4.69, 9.17) is 16.3 Å². The van der Waals surface area contributed by atoms with E-state index < -0.39 is 0 Å². The van der Waals surface area contributed by atoms with Gasteiger partial charge in [0.25, 0.3) is 0 Å². The summed E-state index contributed by atoms with van der Waals surface area (Å²) in [6.45, 7) is 4.78. The van der Waals surface area contributed by atoms with Crippen molar-refractivity contribution in [3.05, 3.63) is 70.2 Å². The molecular formula is C16H15BrClNO. The van der Waals surface area contributed by atoms with Crippen LogP contribution < -0.4 is 10.1 Å². The van der Waals surface area contributed by atoms with Gasteiger partial charge in [-0.1, -0.05) is 46.3 Å². The Labute approximate surface area is 132 Å². The largest absolute Gasteiger partial charge is 0.488 e. The van der Waals surface area contributed by atoms with Crippen molar-refractivity contribution < 1.29 is 4.74 Å². The molecule has 0 heterocycles. The van der Waals surface area contributed by atoms with Crippen LogP contribution in [-0.2, 0) is 6.54 Å². The van der Waals surface area contributed by atoms with Gasteiger partial charge in [0.2, 0.25) is 0 Å². The smallest absolute Gasteiger partial charge is 0.138 e. The third kappa shape index (κ3) is 4.29. The van der Waals surface area contributed by atoms with Gasteiger partial charge in [-0.05, 0) is 42.0 Å². The summed E-state index contributed by atoms with van der Waals surface area (Å²) in [7, 11) is 0. The zero-order chi connectivity index (χ0) is 14.4. The van der Waals surface area contributed by atoms with E-state index in [1.165, 1.54) is 0 Å². The summed E-state index contributed by atoms with van der Waals surface area (Å²) in [6.07, 6.45) is 1.69. The minimum atomic E-state index is 0.455. The van der Waals surface area contributed by atoms with Gasteiger partial charge in [0.1, 0.15) is 12.4 Å². The molecule has 2 rings (SSSR count). The van der Waals surface area contributed by atoms with Crippen LogP contribution in [0.5, 0.6) is 5.75 Å². The molecule has 0 saturated heterocycles. The first kappa shape index (κ1) is 14.9. The summed E-state index contributed by atoms with van der Waals surface area (Å²) in [5, 5.41) is 3.95. The van der Waals surface area contributed by atoms with Crippen molar-refractivity contribution in [3.8, 4) is 5.75 Å². The second-order valence-electron chi connectivity index (χ2n) is 4.22. The van der Waals surface area contributed by atoms with Crippen LogP contribution >= 0.6 is 27.5 Å². The Morgan fingerprint density at radius 2 is 1.95 bits per heavy atom. The predicted molar refractivity (Wildman–Crippen MR) is 88.6 cm³/mol. The molecule has 0 saturated carbocycles. The summed E-state index contributed by atoms with van der Waals surface area (Å²) >= 11 is 9.59.